The number of furan rings is 4. The summed E-state index contributed by atoms with van der Waals surface area (Å²) in [6.45, 7) is -0.738. The van der Waals surface area contributed by atoms with Crippen molar-refractivity contribution in [3.05, 3.63) is 243 Å². The van der Waals surface area contributed by atoms with Crippen LogP contribution in [0.4, 0.5) is 68.2 Å². The average molecular weight is 1020 g/mol. The standard InChI is InChI=1S/C70H40B2N4O4/c1-5-21-41(22-6-1)73-51-38-52-50(37-49(51)71-63-53(73)39-59-61(45-29-13-17-33-55(45)77-59)67(63)75(43-25-9-3-10-26-43)65-47-31-15-19-35-57(47)79-69(65)71)72-64-54(74(52)42-23-7-2-8-24-42)40-60-62(46-30-14-18-34-56(46)78-60)68(64)76(44-27-11-4-12-28-44)66-48-32-16-20-36-58(48)80-70(66)72/h1-40H. The molecular formula is C70H40B2N4O4. The van der Waals surface area contributed by atoms with Crippen LogP contribution in [0.3, 0.4) is 0 Å². The molecule has 4 aliphatic rings. The van der Waals surface area contributed by atoms with E-state index in [0.29, 0.717) is 0 Å². The van der Waals surface area contributed by atoms with E-state index in [-0.39, 0.29) is 13.4 Å². The zero-order valence-electron chi connectivity index (χ0n) is 42.7. The van der Waals surface area contributed by atoms with Crippen LogP contribution >= 0.6 is 0 Å². The van der Waals surface area contributed by atoms with Crippen LogP contribution in [0, 0.1) is 0 Å². The summed E-state index contributed by atoms with van der Waals surface area (Å²) in [5.74, 6) is 0. The van der Waals surface area contributed by atoms with E-state index in [1.54, 1.807) is 0 Å². The van der Waals surface area contributed by atoms with Gasteiger partial charge in [0.1, 0.15) is 33.5 Å². The minimum atomic E-state index is -0.369. The van der Waals surface area contributed by atoms with E-state index in [4.69, 9.17) is 17.7 Å². The molecule has 0 atom stereocenters. The third-order valence-electron chi connectivity index (χ3n) is 17.3. The number of nitrogens with zero attached hydrogens (tertiary/aromatic N) is 4. The van der Waals surface area contributed by atoms with E-state index in [2.05, 4.69) is 262 Å². The second-order valence-corrected chi connectivity index (χ2v) is 21.4. The molecule has 4 aliphatic heterocycles. The Balaban J connectivity index is 1.00. The molecule has 0 aliphatic carbocycles. The van der Waals surface area contributed by atoms with Gasteiger partial charge in [-0.25, -0.2) is 0 Å². The highest BCUT2D eigenvalue weighted by Crippen LogP contribution is 2.55. The average Bonchev–Trinajstić information content (AvgIpc) is 4.42. The number of hydrogen-bond acceptors (Lipinski definition) is 8. The smallest absolute Gasteiger partial charge is 0.297 e. The van der Waals surface area contributed by atoms with Crippen LogP contribution in [0.5, 0.6) is 0 Å². The third-order valence-corrected chi connectivity index (χ3v) is 17.3. The van der Waals surface area contributed by atoms with E-state index >= 15 is 0 Å². The van der Waals surface area contributed by atoms with Crippen molar-refractivity contribution in [2.45, 2.75) is 0 Å². The van der Waals surface area contributed by atoms with Crippen molar-refractivity contribution in [3.8, 4) is 0 Å². The number of anilines is 12. The van der Waals surface area contributed by atoms with Gasteiger partial charge < -0.3 is 37.3 Å². The third kappa shape index (κ3) is 5.46. The fraction of sp³-hybridized carbons (Fsp3) is 0. The van der Waals surface area contributed by atoms with Crippen molar-refractivity contribution in [2.75, 3.05) is 19.6 Å². The molecule has 0 spiro atoms. The van der Waals surface area contributed by atoms with Crippen LogP contribution in [0.25, 0.3) is 65.8 Å². The number of benzene rings is 11. The van der Waals surface area contributed by atoms with Crippen LogP contribution < -0.4 is 52.8 Å². The lowest BCUT2D eigenvalue weighted by Crippen LogP contribution is -2.65. The van der Waals surface area contributed by atoms with E-state index in [1.165, 1.54) is 0 Å². The molecule has 0 fully saturated rings. The van der Waals surface area contributed by atoms with Crippen molar-refractivity contribution in [2.24, 2.45) is 0 Å². The van der Waals surface area contributed by atoms with E-state index in [1.807, 2.05) is 0 Å². The summed E-state index contributed by atoms with van der Waals surface area (Å²) in [4.78, 5) is 9.83. The Bertz CT molecular complexity index is 4810. The predicted molar refractivity (Wildman–Crippen MR) is 329 cm³/mol. The topological polar surface area (TPSA) is 65.5 Å². The Morgan fingerprint density at radius 2 is 0.575 bits per heavy atom. The largest absolute Gasteiger partial charge is 0.468 e. The SMILES string of the molecule is c1ccc(N2c3cc4c(cc3B3c5oc6ccccc6c5N(c5ccccc5)c5c3c2cc2oc3ccccc3c52)B2c3oc5ccccc5c3N(c3ccccc3)c3c2c(cc2oc5ccccc5c32)N4c2ccccc2)cc1. The maximum Gasteiger partial charge on any atom is 0.297 e. The van der Waals surface area contributed by atoms with Crippen LogP contribution in [-0.4, -0.2) is 13.4 Å². The summed E-state index contributed by atoms with van der Waals surface area (Å²) in [5.41, 5.74) is 23.7. The molecule has 8 nitrogen and oxygen atoms in total. The minimum Gasteiger partial charge on any atom is -0.468 e. The Morgan fingerprint density at radius 3 is 0.963 bits per heavy atom. The summed E-state index contributed by atoms with van der Waals surface area (Å²) in [5, 5.41) is 6.31. The maximum absolute atomic E-state index is 7.45. The minimum absolute atomic E-state index is 0.369. The second-order valence-electron chi connectivity index (χ2n) is 21.4. The van der Waals surface area contributed by atoms with Gasteiger partial charge >= 0.3 is 0 Å². The summed E-state index contributed by atoms with van der Waals surface area (Å²) >= 11 is 0. The van der Waals surface area contributed by atoms with E-state index < -0.39 is 0 Å². The first kappa shape index (κ1) is 42.5. The summed E-state index contributed by atoms with van der Waals surface area (Å²) in [7, 11) is 0. The molecule has 0 radical (unpaired) electrons. The fourth-order valence-corrected chi connectivity index (χ4v) is 14.3. The lowest BCUT2D eigenvalue weighted by atomic mass is 9.32. The number of fused-ring (bicyclic) bond motifs is 20. The van der Waals surface area contributed by atoms with Crippen LogP contribution in [0.1, 0.15) is 0 Å². The van der Waals surface area contributed by atoms with E-state index in [0.717, 1.165) is 167 Å². The number of para-hydroxylation sites is 8. The fourth-order valence-electron chi connectivity index (χ4n) is 14.3. The van der Waals surface area contributed by atoms with Gasteiger partial charge in [0, 0.05) is 79.2 Å². The molecule has 0 amide bonds. The van der Waals surface area contributed by atoms with Gasteiger partial charge in [-0.05, 0) is 113 Å². The highest BCUT2D eigenvalue weighted by molar-refractivity contribution is 7.03. The van der Waals surface area contributed by atoms with Crippen molar-refractivity contribution in [1.82, 2.24) is 0 Å². The van der Waals surface area contributed by atoms with Crippen molar-refractivity contribution < 1.29 is 17.7 Å². The first-order chi connectivity index (χ1) is 39.7. The summed E-state index contributed by atoms with van der Waals surface area (Å²) in [6.07, 6.45) is 0. The Kier molecular flexibility index (Phi) is 8.27. The number of rotatable bonds is 4. The molecule has 15 aromatic rings. The quantitative estimate of drug-likeness (QED) is 0.162. The molecular weight excluding hydrogens is 982 g/mol. The molecule has 80 heavy (non-hydrogen) atoms. The second kappa shape index (κ2) is 15.6. The predicted octanol–water partition coefficient (Wildman–Crippen LogP) is 15.1. The Labute approximate surface area is 458 Å². The maximum atomic E-state index is 7.45. The molecule has 10 heteroatoms. The summed E-state index contributed by atoms with van der Waals surface area (Å²) in [6, 6.07) is 86.6. The van der Waals surface area contributed by atoms with Gasteiger partial charge in [-0.2, -0.15) is 0 Å². The zero-order valence-corrected chi connectivity index (χ0v) is 42.7. The van der Waals surface area contributed by atoms with Gasteiger partial charge in [-0.3, -0.25) is 0 Å². The first-order valence-corrected chi connectivity index (χ1v) is 27.3. The molecule has 0 bridgehead atoms. The molecule has 0 unspecified atom stereocenters. The van der Waals surface area contributed by atoms with Crippen LogP contribution in [-0.2, 0) is 0 Å². The van der Waals surface area contributed by atoms with Crippen molar-refractivity contribution >= 4 is 181 Å². The Hall–Kier alpha value is -10.6. The van der Waals surface area contributed by atoms with Gasteiger partial charge in [0.15, 0.2) is 0 Å². The molecule has 11 aromatic carbocycles. The molecule has 0 saturated heterocycles. The van der Waals surface area contributed by atoms with Crippen molar-refractivity contribution in [1.29, 1.82) is 0 Å². The van der Waals surface area contributed by atoms with Gasteiger partial charge in [0.25, 0.3) is 13.4 Å². The van der Waals surface area contributed by atoms with Crippen LogP contribution in [0.2, 0.25) is 0 Å². The first-order valence-electron chi connectivity index (χ1n) is 27.3. The number of hydrogen-bond donors (Lipinski definition) is 0. The van der Waals surface area contributed by atoms with Crippen LogP contribution in [0.15, 0.2) is 260 Å². The molecule has 19 rings (SSSR count). The van der Waals surface area contributed by atoms with Gasteiger partial charge in [0.05, 0.1) is 44.8 Å². The molecule has 0 saturated carbocycles. The molecule has 4 aromatic heterocycles. The van der Waals surface area contributed by atoms with Gasteiger partial charge in [0.2, 0.25) is 0 Å². The molecule has 0 N–H and O–H groups in total. The molecule has 370 valence electrons. The van der Waals surface area contributed by atoms with Gasteiger partial charge in [-0.1, -0.05) is 140 Å². The Morgan fingerprint density at radius 1 is 0.250 bits per heavy atom. The normalized spacial score (nSPS) is 13.8. The molecule has 8 heterocycles. The lowest BCUT2D eigenvalue weighted by molar-refractivity contribution is 0.651. The highest BCUT2D eigenvalue weighted by atomic mass is 16.3. The van der Waals surface area contributed by atoms with Gasteiger partial charge in [-0.15, -0.1) is 0 Å². The monoisotopic (exact) mass is 1020 g/mol. The lowest BCUT2D eigenvalue weighted by Gasteiger charge is -2.45. The van der Waals surface area contributed by atoms with E-state index in [9.17, 15) is 0 Å². The highest BCUT2D eigenvalue weighted by Gasteiger charge is 2.52. The summed E-state index contributed by atoms with van der Waals surface area (Å²) < 4.78 is 29.0. The van der Waals surface area contributed by atoms with Crippen molar-refractivity contribution in [3.63, 3.8) is 0 Å². The zero-order chi connectivity index (χ0) is 51.9.